The Balaban J connectivity index is 2.65. The summed E-state index contributed by atoms with van der Waals surface area (Å²) in [4.78, 5) is 16.4. The van der Waals surface area contributed by atoms with Gasteiger partial charge in [-0.15, -0.1) is 6.58 Å². The van der Waals surface area contributed by atoms with Crippen LogP contribution < -0.4 is 5.32 Å². The SMILES string of the molecule is C=CCOC(C#N)NC(=O)c1ccc(C=NOC)cc1. The van der Waals surface area contributed by atoms with Crippen molar-refractivity contribution < 1.29 is 14.4 Å². The third kappa shape index (κ3) is 4.92. The zero-order chi connectivity index (χ0) is 14.8. The van der Waals surface area contributed by atoms with Crippen LogP contribution in [0.3, 0.4) is 0 Å². The third-order valence-electron chi connectivity index (χ3n) is 2.24. The Morgan fingerprint density at radius 2 is 2.25 bits per heavy atom. The Labute approximate surface area is 117 Å². The van der Waals surface area contributed by atoms with E-state index in [9.17, 15) is 4.79 Å². The third-order valence-corrected chi connectivity index (χ3v) is 2.24. The van der Waals surface area contributed by atoms with E-state index in [1.807, 2.05) is 6.07 Å². The molecule has 1 atom stereocenters. The summed E-state index contributed by atoms with van der Waals surface area (Å²) in [5.41, 5.74) is 1.21. The number of nitriles is 1. The predicted molar refractivity (Wildman–Crippen MR) is 74.1 cm³/mol. The maximum Gasteiger partial charge on any atom is 0.254 e. The lowest BCUT2D eigenvalue weighted by Crippen LogP contribution is -2.35. The Kier molecular flexibility index (Phi) is 6.51. The van der Waals surface area contributed by atoms with Crippen molar-refractivity contribution in [1.82, 2.24) is 5.32 Å². The number of carbonyl (C=O) groups excluding carboxylic acids is 1. The zero-order valence-corrected chi connectivity index (χ0v) is 11.1. The molecular weight excluding hydrogens is 258 g/mol. The molecule has 0 radical (unpaired) electrons. The van der Waals surface area contributed by atoms with Gasteiger partial charge in [-0.1, -0.05) is 23.4 Å². The van der Waals surface area contributed by atoms with E-state index >= 15 is 0 Å². The fourth-order valence-corrected chi connectivity index (χ4v) is 1.31. The minimum absolute atomic E-state index is 0.185. The Morgan fingerprint density at radius 1 is 1.55 bits per heavy atom. The van der Waals surface area contributed by atoms with E-state index in [1.165, 1.54) is 19.4 Å². The van der Waals surface area contributed by atoms with Gasteiger partial charge in [0.25, 0.3) is 5.91 Å². The molecule has 6 heteroatoms. The summed E-state index contributed by atoms with van der Waals surface area (Å²) >= 11 is 0. The fourth-order valence-electron chi connectivity index (χ4n) is 1.31. The largest absolute Gasteiger partial charge is 0.399 e. The molecule has 1 N–H and O–H groups in total. The van der Waals surface area contributed by atoms with Crippen LogP contribution in [0.5, 0.6) is 0 Å². The van der Waals surface area contributed by atoms with Crippen LogP contribution >= 0.6 is 0 Å². The minimum Gasteiger partial charge on any atom is -0.399 e. The number of oxime groups is 1. The van der Waals surface area contributed by atoms with E-state index in [0.717, 1.165) is 5.56 Å². The molecule has 0 aromatic heterocycles. The summed E-state index contributed by atoms with van der Waals surface area (Å²) in [6.07, 6.45) is 2.02. The summed E-state index contributed by atoms with van der Waals surface area (Å²) in [5.74, 6) is -0.393. The minimum atomic E-state index is -1.00. The van der Waals surface area contributed by atoms with Crippen molar-refractivity contribution in [2.45, 2.75) is 6.23 Å². The van der Waals surface area contributed by atoms with Crippen LogP contribution in [0.1, 0.15) is 15.9 Å². The molecule has 0 aliphatic carbocycles. The summed E-state index contributed by atoms with van der Waals surface area (Å²) in [7, 11) is 1.45. The molecule has 1 amide bonds. The molecule has 1 unspecified atom stereocenters. The lowest BCUT2D eigenvalue weighted by Gasteiger charge is -2.11. The van der Waals surface area contributed by atoms with Crippen LogP contribution in [0.25, 0.3) is 0 Å². The van der Waals surface area contributed by atoms with Crippen molar-refractivity contribution in [1.29, 1.82) is 5.26 Å². The Bertz CT molecular complexity index is 517. The highest BCUT2D eigenvalue weighted by Crippen LogP contribution is 2.03. The molecule has 0 saturated heterocycles. The zero-order valence-electron chi connectivity index (χ0n) is 11.1. The van der Waals surface area contributed by atoms with Gasteiger partial charge in [0.05, 0.1) is 12.8 Å². The molecule has 104 valence electrons. The van der Waals surface area contributed by atoms with Crippen molar-refractivity contribution in [3.05, 3.63) is 48.0 Å². The quantitative estimate of drug-likeness (QED) is 0.353. The van der Waals surface area contributed by atoms with Gasteiger partial charge in [0.15, 0.2) is 0 Å². The molecule has 0 heterocycles. The maximum absolute atomic E-state index is 11.9. The number of nitrogens with one attached hydrogen (secondary N) is 1. The highest BCUT2D eigenvalue weighted by molar-refractivity contribution is 5.95. The monoisotopic (exact) mass is 273 g/mol. The molecular formula is C14H15N3O3. The second-order valence-corrected chi connectivity index (χ2v) is 3.64. The highest BCUT2D eigenvalue weighted by atomic mass is 16.6. The van der Waals surface area contributed by atoms with E-state index in [2.05, 4.69) is 21.9 Å². The number of amides is 1. The maximum atomic E-state index is 11.9. The van der Waals surface area contributed by atoms with E-state index in [4.69, 9.17) is 10.00 Å². The van der Waals surface area contributed by atoms with Crippen molar-refractivity contribution in [2.24, 2.45) is 5.16 Å². The van der Waals surface area contributed by atoms with Crippen LogP contribution in [0, 0.1) is 11.3 Å². The molecule has 1 aromatic carbocycles. The van der Waals surface area contributed by atoms with Gasteiger partial charge < -0.3 is 14.9 Å². The first-order valence-electron chi connectivity index (χ1n) is 5.81. The number of rotatable bonds is 7. The van der Waals surface area contributed by atoms with Gasteiger partial charge in [-0.05, 0) is 17.7 Å². The van der Waals surface area contributed by atoms with Crippen molar-refractivity contribution in [3.8, 4) is 6.07 Å². The molecule has 6 nitrogen and oxygen atoms in total. The Hall–Kier alpha value is -2.65. The van der Waals surface area contributed by atoms with Crippen LogP contribution in [0.15, 0.2) is 42.1 Å². The summed E-state index contributed by atoms with van der Waals surface area (Å²) in [6.45, 7) is 3.65. The highest BCUT2D eigenvalue weighted by Gasteiger charge is 2.12. The first-order chi connectivity index (χ1) is 9.71. The van der Waals surface area contributed by atoms with E-state index in [-0.39, 0.29) is 6.61 Å². The first kappa shape index (κ1) is 15.4. The molecule has 1 rings (SSSR count). The Morgan fingerprint density at radius 3 is 2.80 bits per heavy atom. The van der Waals surface area contributed by atoms with E-state index in [0.29, 0.717) is 5.56 Å². The summed E-state index contributed by atoms with van der Waals surface area (Å²) < 4.78 is 5.06. The predicted octanol–water partition coefficient (Wildman–Crippen LogP) is 1.45. The van der Waals surface area contributed by atoms with E-state index in [1.54, 1.807) is 24.3 Å². The van der Waals surface area contributed by atoms with Gasteiger partial charge in [0.2, 0.25) is 6.23 Å². The molecule has 20 heavy (non-hydrogen) atoms. The molecule has 0 spiro atoms. The van der Waals surface area contributed by atoms with Gasteiger partial charge in [-0.2, -0.15) is 5.26 Å². The van der Waals surface area contributed by atoms with Gasteiger partial charge in [0.1, 0.15) is 13.2 Å². The molecule has 1 aromatic rings. The van der Waals surface area contributed by atoms with Crippen LogP contribution in [0.2, 0.25) is 0 Å². The number of nitrogens with zero attached hydrogens (tertiary/aromatic N) is 2. The lowest BCUT2D eigenvalue weighted by atomic mass is 10.1. The smallest absolute Gasteiger partial charge is 0.254 e. The first-order valence-corrected chi connectivity index (χ1v) is 5.81. The number of benzene rings is 1. The second-order valence-electron chi connectivity index (χ2n) is 3.64. The van der Waals surface area contributed by atoms with Crippen molar-refractivity contribution in [2.75, 3.05) is 13.7 Å². The lowest BCUT2D eigenvalue weighted by molar-refractivity contribution is 0.0670. The average molecular weight is 273 g/mol. The van der Waals surface area contributed by atoms with Crippen molar-refractivity contribution in [3.63, 3.8) is 0 Å². The number of hydrogen-bond donors (Lipinski definition) is 1. The molecule has 0 fully saturated rings. The summed E-state index contributed by atoms with van der Waals surface area (Å²) in [6, 6.07) is 8.50. The van der Waals surface area contributed by atoms with Gasteiger partial charge in [-0.25, -0.2) is 0 Å². The van der Waals surface area contributed by atoms with Gasteiger partial charge >= 0.3 is 0 Å². The van der Waals surface area contributed by atoms with E-state index < -0.39 is 12.1 Å². The fraction of sp³-hybridized carbons (Fsp3) is 0.214. The average Bonchev–Trinajstić information content (AvgIpc) is 2.49. The van der Waals surface area contributed by atoms with Crippen LogP contribution in [-0.4, -0.2) is 32.1 Å². The van der Waals surface area contributed by atoms with Crippen molar-refractivity contribution >= 4 is 12.1 Å². The molecule has 0 aliphatic heterocycles. The summed E-state index contributed by atoms with van der Waals surface area (Å²) in [5, 5.41) is 14.9. The second kappa shape index (κ2) is 8.45. The number of ether oxygens (including phenoxy) is 1. The van der Waals surface area contributed by atoms with Crippen LogP contribution in [-0.2, 0) is 9.57 Å². The molecule has 0 saturated carbocycles. The normalized spacial score (nSPS) is 11.6. The number of hydrogen-bond acceptors (Lipinski definition) is 5. The number of carbonyl (C=O) groups is 1. The topological polar surface area (TPSA) is 83.7 Å². The van der Waals surface area contributed by atoms with Crippen LogP contribution in [0.4, 0.5) is 0 Å². The molecule has 0 aliphatic rings. The molecule has 0 bridgehead atoms. The van der Waals surface area contributed by atoms with Gasteiger partial charge in [0, 0.05) is 5.56 Å². The standard InChI is InChI=1S/C14H15N3O3/c1-3-8-20-13(9-15)17-14(18)12-6-4-11(5-7-12)10-16-19-2/h3-7,10,13H,1,8H2,2H3,(H,17,18). The van der Waals surface area contributed by atoms with Gasteiger partial charge in [-0.3, -0.25) is 4.79 Å².